The SMILES string of the molecule is O=S(=O)(c1ccc(-c2cccnc2)cc1)N1CCOCC1. The van der Waals surface area contributed by atoms with Crippen molar-refractivity contribution in [1.82, 2.24) is 9.29 Å². The summed E-state index contributed by atoms with van der Waals surface area (Å²) in [4.78, 5) is 4.38. The minimum absolute atomic E-state index is 0.317. The Bertz CT molecular complexity index is 693. The lowest BCUT2D eigenvalue weighted by atomic mass is 10.1. The van der Waals surface area contributed by atoms with Gasteiger partial charge in [0.15, 0.2) is 0 Å². The summed E-state index contributed by atoms with van der Waals surface area (Å²) in [5.41, 5.74) is 1.91. The fraction of sp³-hybridized carbons (Fsp3) is 0.267. The summed E-state index contributed by atoms with van der Waals surface area (Å²) in [6.07, 6.45) is 3.46. The summed E-state index contributed by atoms with van der Waals surface area (Å²) >= 11 is 0. The van der Waals surface area contributed by atoms with Crippen LogP contribution in [0.4, 0.5) is 0 Å². The second-order valence-corrected chi connectivity index (χ2v) is 6.72. The molecule has 3 rings (SSSR count). The van der Waals surface area contributed by atoms with E-state index in [2.05, 4.69) is 4.98 Å². The zero-order chi connectivity index (χ0) is 14.7. The third kappa shape index (κ3) is 2.97. The molecule has 1 saturated heterocycles. The van der Waals surface area contributed by atoms with E-state index < -0.39 is 10.0 Å². The summed E-state index contributed by atoms with van der Waals surface area (Å²) < 4.78 is 31.6. The van der Waals surface area contributed by atoms with Crippen molar-refractivity contribution < 1.29 is 13.2 Å². The Balaban J connectivity index is 1.87. The van der Waals surface area contributed by atoms with Gasteiger partial charge in [-0.05, 0) is 29.3 Å². The minimum atomic E-state index is -3.42. The van der Waals surface area contributed by atoms with E-state index in [0.29, 0.717) is 31.2 Å². The molecule has 0 bridgehead atoms. The monoisotopic (exact) mass is 304 g/mol. The van der Waals surface area contributed by atoms with Crippen LogP contribution in [0.3, 0.4) is 0 Å². The zero-order valence-electron chi connectivity index (χ0n) is 11.5. The molecule has 1 aromatic carbocycles. The van der Waals surface area contributed by atoms with E-state index in [1.807, 2.05) is 24.3 Å². The summed E-state index contributed by atoms with van der Waals surface area (Å²) in [6.45, 7) is 1.72. The molecule has 0 atom stereocenters. The van der Waals surface area contributed by atoms with E-state index >= 15 is 0 Å². The van der Waals surface area contributed by atoms with Gasteiger partial charge in [-0.15, -0.1) is 0 Å². The maximum Gasteiger partial charge on any atom is 0.243 e. The average Bonchev–Trinajstić information content (AvgIpc) is 2.57. The normalized spacial score (nSPS) is 16.8. The van der Waals surface area contributed by atoms with E-state index in [-0.39, 0.29) is 0 Å². The minimum Gasteiger partial charge on any atom is -0.379 e. The molecule has 110 valence electrons. The highest BCUT2D eigenvalue weighted by Gasteiger charge is 2.26. The van der Waals surface area contributed by atoms with Crippen molar-refractivity contribution >= 4 is 10.0 Å². The molecule has 21 heavy (non-hydrogen) atoms. The van der Waals surface area contributed by atoms with E-state index in [1.165, 1.54) is 4.31 Å². The summed E-state index contributed by atoms with van der Waals surface area (Å²) in [6, 6.07) is 10.7. The highest BCUT2D eigenvalue weighted by molar-refractivity contribution is 7.89. The lowest BCUT2D eigenvalue weighted by molar-refractivity contribution is 0.0730. The molecule has 0 saturated carbocycles. The standard InChI is InChI=1S/C15H16N2O3S/c18-21(19,17-8-10-20-11-9-17)15-5-3-13(4-6-15)14-2-1-7-16-12-14/h1-7,12H,8-11H2. The molecule has 2 aromatic rings. The number of pyridine rings is 1. The Morgan fingerprint density at radius 1 is 1.00 bits per heavy atom. The Morgan fingerprint density at radius 2 is 1.71 bits per heavy atom. The number of ether oxygens (including phenoxy) is 1. The largest absolute Gasteiger partial charge is 0.379 e. The zero-order valence-corrected chi connectivity index (χ0v) is 12.3. The molecule has 1 fully saturated rings. The number of sulfonamides is 1. The number of aromatic nitrogens is 1. The highest BCUT2D eigenvalue weighted by atomic mass is 32.2. The third-order valence-corrected chi connectivity index (χ3v) is 5.37. The smallest absolute Gasteiger partial charge is 0.243 e. The van der Waals surface area contributed by atoms with Crippen LogP contribution in [0.15, 0.2) is 53.7 Å². The highest BCUT2D eigenvalue weighted by Crippen LogP contribution is 2.22. The van der Waals surface area contributed by atoms with Crippen LogP contribution in [0.1, 0.15) is 0 Å². The summed E-state index contributed by atoms with van der Waals surface area (Å²) in [5, 5.41) is 0. The predicted octanol–water partition coefficient (Wildman–Crippen LogP) is 1.77. The lowest BCUT2D eigenvalue weighted by Crippen LogP contribution is -2.40. The van der Waals surface area contributed by atoms with Crippen molar-refractivity contribution in [1.29, 1.82) is 0 Å². The van der Waals surface area contributed by atoms with Crippen LogP contribution in [0.25, 0.3) is 11.1 Å². The molecule has 0 radical (unpaired) electrons. The molecular weight excluding hydrogens is 288 g/mol. The van der Waals surface area contributed by atoms with Crippen LogP contribution in [0.2, 0.25) is 0 Å². The molecule has 6 heteroatoms. The van der Waals surface area contributed by atoms with Gasteiger partial charge in [0.05, 0.1) is 18.1 Å². The number of nitrogens with zero attached hydrogens (tertiary/aromatic N) is 2. The maximum absolute atomic E-state index is 12.5. The fourth-order valence-corrected chi connectivity index (χ4v) is 3.70. The van der Waals surface area contributed by atoms with E-state index in [1.54, 1.807) is 24.5 Å². The van der Waals surface area contributed by atoms with Gasteiger partial charge >= 0.3 is 0 Å². The predicted molar refractivity (Wildman–Crippen MR) is 79.3 cm³/mol. The quantitative estimate of drug-likeness (QED) is 0.867. The topological polar surface area (TPSA) is 59.5 Å². The van der Waals surface area contributed by atoms with Crippen LogP contribution in [0.5, 0.6) is 0 Å². The van der Waals surface area contributed by atoms with Gasteiger partial charge in [0.2, 0.25) is 10.0 Å². The summed E-state index contributed by atoms with van der Waals surface area (Å²) in [7, 11) is -3.42. The van der Waals surface area contributed by atoms with Crippen molar-refractivity contribution in [3.8, 4) is 11.1 Å². The van der Waals surface area contributed by atoms with Crippen LogP contribution < -0.4 is 0 Å². The molecule has 1 aromatic heterocycles. The van der Waals surface area contributed by atoms with Gasteiger partial charge in [0, 0.05) is 25.5 Å². The van der Waals surface area contributed by atoms with Crippen LogP contribution in [-0.4, -0.2) is 44.0 Å². The van der Waals surface area contributed by atoms with Crippen molar-refractivity contribution in [2.75, 3.05) is 26.3 Å². The first-order valence-corrected chi connectivity index (χ1v) is 8.20. The van der Waals surface area contributed by atoms with Gasteiger partial charge in [-0.2, -0.15) is 4.31 Å². The van der Waals surface area contributed by atoms with Gasteiger partial charge in [-0.25, -0.2) is 8.42 Å². The molecule has 5 nitrogen and oxygen atoms in total. The molecule has 0 amide bonds. The number of rotatable bonds is 3. The van der Waals surface area contributed by atoms with Crippen molar-refractivity contribution in [3.05, 3.63) is 48.8 Å². The molecule has 2 heterocycles. The second kappa shape index (κ2) is 5.93. The molecular formula is C15H16N2O3S. The van der Waals surface area contributed by atoms with Crippen molar-refractivity contribution in [3.63, 3.8) is 0 Å². The molecule has 0 aliphatic carbocycles. The molecule has 0 spiro atoms. The Hall–Kier alpha value is -1.76. The number of morpholine rings is 1. The number of hydrogen-bond donors (Lipinski definition) is 0. The first kappa shape index (κ1) is 14.2. The van der Waals surface area contributed by atoms with Gasteiger partial charge in [0.1, 0.15) is 0 Å². The maximum atomic E-state index is 12.5. The second-order valence-electron chi connectivity index (χ2n) is 4.78. The first-order chi connectivity index (χ1) is 10.2. The van der Waals surface area contributed by atoms with Gasteiger partial charge in [-0.3, -0.25) is 4.98 Å². The molecule has 0 N–H and O–H groups in total. The molecule has 1 aliphatic heterocycles. The van der Waals surface area contributed by atoms with Crippen LogP contribution in [-0.2, 0) is 14.8 Å². The van der Waals surface area contributed by atoms with E-state index in [9.17, 15) is 8.42 Å². The fourth-order valence-electron chi connectivity index (χ4n) is 2.29. The van der Waals surface area contributed by atoms with Crippen LogP contribution >= 0.6 is 0 Å². The van der Waals surface area contributed by atoms with Crippen molar-refractivity contribution in [2.45, 2.75) is 4.90 Å². The number of hydrogen-bond acceptors (Lipinski definition) is 4. The average molecular weight is 304 g/mol. The lowest BCUT2D eigenvalue weighted by Gasteiger charge is -2.26. The van der Waals surface area contributed by atoms with Crippen LogP contribution in [0, 0.1) is 0 Å². The molecule has 1 aliphatic rings. The first-order valence-electron chi connectivity index (χ1n) is 6.76. The Kier molecular flexibility index (Phi) is 4.01. The van der Waals surface area contributed by atoms with Crippen molar-refractivity contribution in [2.24, 2.45) is 0 Å². The van der Waals surface area contributed by atoms with Gasteiger partial charge in [-0.1, -0.05) is 18.2 Å². The summed E-state index contributed by atoms with van der Waals surface area (Å²) in [5.74, 6) is 0. The van der Waals surface area contributed by atoms with E-state index in [0.717, 1.165) is 11.1 Å². The van der Waals surface area contributed by atoms with E-state index in [4.69, 9.17) is 4.74 Å². The van der Waals surface area contributed by atoms with Gasteiger partial charge < -0.3 is 4.74 Å². The third-order valence-electron chi connectivity index (χ3n) is 3.46. The molecule has 0 unspecified atom stereocenters. The van der Waals surface area contributed by atoms with Gasteiger partial charge in [0.25, 0.3) is 0 Å². The Morgan fingerprint density at radius 3 is 2.33 bits per heavy atom. The number of benzene rings is 1. The Labute approximate surface area is 124 Å².